The van der Waals surface area contributed by atoms with Gasteiger partial charge in [-0.3, -0.25) is 14.9 Å². The van der Waals surface area contributed by atoms with E-state index in [9.17, 15) is 9.59 Å². The maximum Gasteiger partial charge on any atom is 0.267 e. The summed E-state index contributed by atoms with van der Waals surface area (Å²) >= 11 is 2.50. The molecule has 3 rings (SSSR count). The standard InChI is InChI=1S/C12H11N5O2S2/c1-5-7-10(13-4-17(3)11(7)19)21-8(5)9(18)14-12-16-15-6(2)20-12/h4H,1-3H3,(H,14,16,18). The SMILES string of the molecule is Cc1nnc(NC(=O)c2sc3ncn(C)c(=O)c3c2C)s1. The Kier molecular flexibility index (Phi) is 3.30. The Bertz CT molecular complexity index is 908. The Morgan fingerprint density at radius 3 is 2.71 bits per heavy atom. The number of aromatic nitrogens is 4. The fourth-order valence-corrected chi connectivity index (χ4v) is 3.55. The summed E-state index contributed by atoms with van der Waals surface area (Å²) in [6.07, 6.45) is 1.45. The number of anilines is 1. The van der Waals surface area contributed by atoms with Gasteiger partial charge < -0.3 is 4.57 Å². The molecule has 0 bridgehead atoms. The number of nitrogens with one attached hydrogen (secondary N) is 1. The second-order valence-electron chi connectivity index (χ2n) is 4.48. The van der Waals surface area contributed by atoms with E-state index in [0.29, 0.717) is 25.8 Å². The van der Waals surface area contributed by atoms with Gasteiger partial charge in [0.15, 0.2) is 0 Å². The van der Waals surface area contributed by atoms with E-state index < -0.39 is 0 Å². The van der Waals surface area contributed by atoms with Crippen molar-refractivity contribution in [3.63, 3.8) is 0 Å². The van der Waals surface area contributed by atoms with E-state index in [0.717, 1.165) is 5.01 Å². The van der Waals surface area contributed by atoms with Gasteiger partial charge in [0.2, 0.25) is 5.13 Å². The molecule has 3 heterocycles. The van der Waals surface area contributed by atoms with Crippen LogP contribution in [0.5, 0.6) is 0 Å². The first-order valence-electron chi connectivity index (χ1n) is 6.03. The highest BCUT2D eigenvalue weighted by molar-refractivity contribution is 7.21. The molecule has 1 N–H and O–H groups in total. The summed E-state index contributed by atoms with van der Waals surface area (Å²) < 4.78 is 1.40. The molecule has 0 spiro atoms. The molecule has 108 valence electrons. The third kappa shape index (κ3) is 2.34. The lowest BCUT2D eigenvalue weighted by Gasteiger charge is -1.99. The van der Waals surface area contributed by atoms with E-state index in [4.69, 9.17) is 0 Å². The van der Waals surface area contributed by atoms with Crippen LogP contribution in [0.1, 0.15) is 20.2 Å². The van der Waals surface area contributed by atoms with Crippen LogP contribution in [0, 0.1) is 13.8 Å². The van der Waals surface area contributed by atoms with Gasteiger partial charge in [0.05, 0.1) is 16.6 Å². The van der Waals surface area contributed by atoms with Crippen molar-refractivity contribution in [1.82, 2.24) is 19.7 Å². The lowest BCUT2D eigenvalue weighted by atomic mass is 10.2. The van der Waals surface area contributed by atoms with Crippen LogP contribution in [0.25, 0.3) is 10.2 Å². The Morgan fingerprint density at radius 1 is 1.29 bits per heavy atom. The Balaban J connectivity index is 2.04. The molecule has 0 aliphatic carbocycles. The van der Waals surface area contributed by atoms with Crippen LogP contribution >= 0.6 is 22.7 Å². The molecule has 3 aromatic heterocycles. The summed E-state index contributed by atoms with van der Waals surface area (Å²) in [7, 11) is 1.63. The van der Waals surface area contributed by atoms with E-state index in [1.165, 1.54) is 33.6 Å². The average molecular weight is 321 g/mol. The van der Waals surface area contributed by atoms with Gasteiger partial charge in [-0.15, -0.1) is 21.5 Å². The maximum atomic E-state index is 12.3. The highest BCUT2D eigenvalue weighted by atomic mass is 32.1. The third-order valence-corrected chi connectivity index (χ3v) is 4.92. The third-order valence-electron chi connectivity index (χ3n) is 2.96. The number of aryl methyl sites for hydroxylation is 3. The average Bonchev–Trinajstić information content (AvgIpc) is 2.98. The Hall–Kier alpha value is -2.13. The minimum Gasteiger partial charge on any atom is -0.302 e. The summed E-state index contributed by atoms with van der Waals surface area (Å²) in [6, 6.07) is 0. The van der Waals surface area contributed by atoms with Gasteiger partial charge in [-0.2, -0.15) is 0 Å². The van der Waals surface area contributed by atoms with E-state index in [-0.39, 0.29) is 11.5 Å². The fraction of sp³-hybridized carbons (Fsp3) is 0.250. The second kappa shape index (κ2) is 5.01. The lowest BCUT2D eigenvalue weighted by Crippen LogP contribution is -2.17. The molecular weight excluding hydrogens is 310 g/mol. The summed E-state index contributed by atoms with van der Waals surface area (Å²) in [5, 5.41) is 12.1. The highest BCUT2D eigenvalue weighted by Crippen LogP contribution is 2.27. The molecule has 1 amide bonds. The number of thiophene rings is 1. The van der Waals surface area contributed by atoms with Gasteiger partial charge in [0.1, 0.15) is 9.84 Å². The van der Waals surface area contributed by atoms with E-state index in [2.05, 4.69) is 20.5 Å². The Labute approximate surface area is 127 Å². The number of hydrogen-bond acceptors (Lipinski definition) is 7. The predicted molar refractivity (Wildman–Crippen MR) is 82.2 cm³/mol. The summed E-state index contributed by atoms with van der Waals surface area (Å²) in [6.45, 7) is 3.56. The van der Waals surface area contributed by atoms with Crippen molar-refractivity contribution in [3.8, 4) is 0 Å². The van der Waals surface area contributed by atoms with Gasteiger partial charge >= 0.3 is 0 Å². The number of nitrogens with zero attached hydrogens (tertiary/aromatic N) is 4. The van der Waals surface area contributed by atoms with Crippen LogP contribution in [0.15, 0.2) is 11.1 Å². The number of carbonyl (C=O) groups is 1. The summed E-state index contributed by atoms with van der Waals surface area (Å²) in [5.41, 5.74) is 0.488. The number of carbonyl (C=O) groups excluding carboxylic acids is 1. The van der Waals surface area contributed by atoms with Crippen molar-refractivity contribution in [2.45, 2.75) is 13.8 Å². The molecule has 0 aromatic carbocycles. The number of fused-ring (bicyclic) bond motifs is 1. The van der Waals surface area contributed by atoms with Crippen LogP contribution in [-0.2, 0) is 7.05 Å². The molecule has 9 heteroatoms. The molecule has 0 radical (unpaired) electrons. The first-order valence-corrected chi connectivity index (χ1v) is 7.67. The molecule has 7 nitrogen and oxygen atoms in total. The normalized spacial score (nSPS) is 11.0. The largest absolute Gasteiger partial charge is 0.302 e. The number of hydrogen-bond donors (Lipinski definition) is 1. The first kappa shape index (κ1) is 13.8. The van der Waals surface area contributed by atoms with Gasteiger partial charge in [0, 0.05) is 7.05 Å². The number of amides is 1. The predicted octanol–water partition coefficient (Wildman–Crippen LogP) is 1.72. The minimum atomic E-state index is -0.297. The fourth-order valence-electron chi connectivity index (χ4n) is 1.93. The van der Waals surface area contributed by atoms with Crippen LogP contribution in [-0.4, -0.2) is 25.7 Å². The molecule has 0 aliphatic rings. The van der Waals surface area contributed by atoms with E-state index in [1.54, 1.807) is 14.0 Å². The van der Waals surface area contributed by atoms with Gasteiger partial charge in [-0.25, -0.2) is 4.98 Å². The van der Waals surface area contributed by atoms with Gasteiger partial charge in [-0.1, -0.05) is 11.3 Å². The lowest BCUT2D eigenvalue weighted by molar-refractivity contribution is 0.103. The quantitative estimate of drug-likeness (QED) is 0.776. The zero-order valence-electron chi connectivity index (χ0n) is 11.5. The molecular formula is C12H11N5O2S2. The molecule has 21 heavy (non-hydrogen) atoms. The summed E-state index contributed by atoms with van der Waals surface area (Å²) in [4.78, 5) is 29.7. The molecule has 0 saturated heterocycles. The molecule has 0 atom stereocenters. The second-order valence-corrected chi connectivity index (χ2v) is 6.66. The van der Waals surface area contributed by atoms with Crippen molar-refractivity contribution in [2.24, 2.45) is 7.05 Å². The topological polar surface area (TPSA) is 89.8 Å². The van der Waals surface area contributed by atoms with Crippen LogP contribution in [0.3, 0.4) is 0 Å². The Morgan fingerprint density at radius 2 is 2.05 bits per heavy atom. The molecule has 0 saturated carbocycles. The minimum absolute atomic E-state index is 0.153. The van der Waals surface area contributed by atoms with Gasteiger partial charge in [-0.05, 0) is 19.4 Å². The maximum absolute atomic E-state index is 12.3. The van der Waals surface area contributed by atoms with Crippen LogP contribution < -0.4 is 10.9 Å². The van der Waals surface area contributed by atoms with E-state index in [1.807, 2.05) is 6.92 Å². The zero-order valence-corrected chi connectivity index (χ0v) is 13.1. The van der Waals surface area contributed by atoms with Crippen molar-refractivity contribution >= 4 is 43.9 Å². The van der Waals surface area contributed by atoms with Crippen molar-refractivity contribution in [2.75, 3.05) is 5.32 Å². The van der Waals surface area contributed by atoms with Crippen molar-refractivity contribution in [1.29, 1.82) is 0 Å². The first-order chi connectivity index (χ1) is 9.97. The molecule has 0 fully saturated rings. The van der Waals surface area contributed by atoms with E-state index >= 15 is 0 Å². The van der Waals surface area contributed by atoms with Gasteiger partial charge in [0.25, 0.3) is 11.5 Å². The zero-order chi connectivity index (χ0) is 15.1. The summed E-state index contributed by atoms with van der Waals surface area (Å²) in [5.74, 6) is -0.297. The number of rotatable bonds is 2. The molecule has 0 unspecified atom stereocenters. The molecule has 0 aliphatic heterocycles. The van der Waals surface area contributed by atoms with Crippen molar-refractivity contribution < 1.29 is 4.79 Å². The monoisotopic (exact) mass is 321 g/mol. The van der Waals surface area contributed by atoms with Crippen LogP contribution in [0.4, 0.5) is 5.13 Å². The van der Waals surface area contributed by atoms with Crippen LogP contribution in [0.2, 0.25) is 0 Å². The smallest absolute Gasteiger partial charge is 0.267 e. The van der Waals surface area contributed by atoms with Crippen molar-refractivity contribution in [3.05, 3.63) is 32.1 Å². The molecule has 3 aromatic rings. The highest BCUT2D eigenvalue weighted by Gasteiger charge is 2.19.